The summed E-state index contributed by atoms with van der Waals surface area (Å²) >= 11 is 0. The summed E-state index contributed by atoms with van der Waals surface area (Å²) in [5.74, 6) is -1.78. The van der Waals surface area contributed by atoms with Gasteiger partial charge in [0.15, 0.2) is 0 Å². The number of benzene rings is 2. The Kier molecular flexibility index (Phi) is 7.91. The third-order valence-electron chi connectivity index (χ3n) is 5.54. The molecule has 0 aliphatic heterocycles. The van der Waals surface area contributed by atoms with Gasteiger partial charge in [0.1, 0.15) is 19.2 Å². The van der Waals surface area contributed by atoms with E-state index < -0.39 is 24.1 Å². The summed E-state index contributed by atoms with van der Waals surface area (Å²) in [7, 11) is 1.22. The third kappa shape index (κ3) is 5.37. The van der Waals surface area contributed by atoms with Crippen molar-refractivity contribution in [1.82, 2.24) is 14.9 Å². The third-order valence-corrected chi connectivity index (χ3v) is 5.54. The van der Waals surface area contributed by atoms with E-state index >= 15 is 0 Å². The topological polar surface area (TPSA) is 120 Å². The monoisotopic (exact) mass is 485 g/mol. The number of ether oxygens (including phenoxy) is 2. The van der Waals surface area contributed by atoms with Crippen LogP contribution in [-0.2, 0) is 32.0 Å². The van der Waals surface area contributed by atoms with Crippen molar-refractivity contribution in [3.05, 3.63) is 77.9 Å². The van der Waals surface area contributed by atoms with Crippen LogP contribution in [0.4, 0.5) is 4.79 Å². The molecule has 3 aromatic rings. The van der Waals surface area contributed by atoms with Crippen molar-refractivity contribution in [3.8, 4) is 11.1 Å². The highest BCUT2D eigenvalue weighted by molar-refractivity contribution is 5.85. The second-order valence-corrected chi connectivity index (χ2v) is 7.68. The predicted molar refractivity (Wildman–Crippen MR) is 125 cm³/mol. The summed E-state index contributed by atoms with van der Waals surface area (Å²) in [6.07, 6.45) is 2.13. The fraction of sp³-hybridized carbons (Fsp3) is 0.250. The van der Waals surface area contributed by atoms with Crippen LogP contribution in [0.5, 0.6) is 0 Å². The molecule has 0 bridgehead atoms. The Morgan fingerprint density at radius 1 is 1.09 bits per heavy atom. The quantitative estimate of drug-likeness (QED) is 0.470. The normalized spacial score (nSPS) is 12.6. The largest absolute Gasteiger partial charge is 0.480 e. The zero-order chi connectivity index (χ0) is 23.4. The molecule has 1 amide bonds. The van der Waals surface area contributed by atoms with Gasteiger partial charge in [0.2, 0.25) is 0 Å². The summed E-state index contributed by atoms with van der Waals surface area (Å²) < 4.78 is 11.7. The minimum atomic E-state index is -1.03. The molecule has 1 heterocycles. The number of aliphatic carboxylic acids is 1. The first-order valence-electron chi connectivity index (χ1n) is 10.4. The number of fused-ring (bicyclic) bond motifs is 3. The number of hydrogen-bond acceptors (Lipinski definition) is 6. The van der Waals surface area contributed by atoms with Gasteiger partial charge >= 0.3 is 18.0 Å². The Labute approximate surface area is 202 Å². The molecule has 1 atom stereocenters. The van der Waals surface area contributed by atoms with E-state index in [2.05, 4.69) is 10.3 Å². The van der Waals surface area contributed by atoms with E-state index in [4.69, 9.17) is 14.6 Å². The Hall–Kier alpha value is -3.85. The number of nitrogens with one attached hydrogen (secondary N) is 1. The van der Waals surface area contributed by atoms with E-state index in [-0.39, 0.29) is 37.9 Å². The maximum absolute atomic E-state index is 12.6. The highest BCUT2D eigenvalue weighted by Crippen LogP contribution is 2.44. The smallest absolute Gasteiger partial charge is 0.407 e. The summed E-state index contributed by atoms with van der Waals surface area (Å²) in [4.78, 5) is 39.7. The van der Waals surface area contributed by atoms with Gasteiger partial charge in [-0.1, -0.05) is 48.5 Å². The molecule has 9 nitrogen and oxygen atoms in total. The molecule has 1 aliphatic carbocycles. The molecule has 0 spiro atoms. The zero-order valence-corrected chi connectivity index (χ0v) is 19.2. The lowest BCUT2D eigenvalue weighted by atomic mass is 9.98. The van der Waals surface area contributed by atoms with Gasteiger partial charge in [0, 0.05) is 18.5 Å². The lowest BCUT2D eigenvalue weighted by molar-refractivity contribution is -0.143. The first-order chi connectivity index (χ1) is 16.0. The summed E-state index contributed by atoms with van der Waals surface area (Å²) in [5, 5.41) is 11.4. The molecule has 1 aliphatic rings. The van der Waals surface area contributed by atoms with Gasteiger partial charge in [0.25, 0.3) is 0 Å². The molecule has 1 aromatic heterocycles. The molecular formula is C24H24ClN3O6. The maximum Gasteiger partial charge on any atom is 0.407 e. The SMILES string of the molecule is COC(=O)[C@H](Cc1cn(CC(=O)O)cn1)NC(=O)OCC1c2ccccc2-c2ccccc21.Cl. The Morgan fingerprint density at radius 2 is 1.71 bits per heavy atom. The molecule has 4 rings (SSSR count). The van der Waals surface area contributed by atoms with Crippen molar-refractivity contribution in [3.63, 3.8) is 0 Å². The van der Waals surface area contributed by atoms with Gasteiger partial charge < -0.3 is 24.5 Å². The highest BCUT2D eigenvalue weighted by atomic mass is 35.5. The Balaban J connectivity index is 0.00000324. The minimum absolute atomic E-state index is 0. The number of carboxylic acids is 1. The number of imidazole rings is 1. The zero-order valence-electron chi connectivity index (χ0n) is 18.3. The molecule has 2 N–H and O–H groups in total. The average Bonchev–Trinajstić information content (AvgIpc) is 3.38. The van der Waals surface area contributed by atoms with Crippen molar-refractivity contribution in [2.45, 2.75) is 24.9 Å². The molecule has 10 heteroatoms. The molecule has 178 valence electrons. The number of halogens is 1. The van der Waals surface area contributed by atoms with Crippen LogP contribution in [0.3, 0.4) is 0 Å². The second-order valence-electron chi connectivity index (χ2n) is 7.68. The number of carbonyl (C=O) groups is 3. The van der Waals surface area contributed by atoms with Crippen molar-refractivity contribution >= 4 is 30.4 Å². The molecular weight excluding hydrogens is 462 g/mol. The standard InChI is InChI=1S/C24H23N3O6.ClH/c1-32-23(30)21(10-15-11-27(14-25-15)12-22(28)29)26-24(31)33-13-20-18-8-4-2-6-16(18)17-7-3-5-9-19(17)20;/h2-9,11,14,20-21H,10,12-13H2,1H3,(H,26,31)(H,28,29);1H/t21-;/m0./s1. The number of nitrogens with zero attached hydrogens (tertiary/aromatic N) is 2. The van der Waals surface area contributed by atoms with E-state index in [0.29, 0.717) is 5.69 Å². The van der Waals surface area contributed by atoms with E-state index in [0.717, 1.165) is 22.3 Å². The van der Waals surface area contributed by atoms with Gasteiger partial charge in [-0.2, -0.15) is 0 Å². The van der Waals surface area contributed by atoms with E-state index in [1.807, 2.05) is 48.5 Å². The van der Waals surface area contributed by atoms with Crippen LogP contribution >= 0.6 is 12.4 Å². The van der Waals surface area contributed by atoms with Crippen LogP contribution in [0, 0.1) is 0 Å². The van der Waals surface area contributed by atoms with Crippen molar-refractivity contribution in [1.29, 1.82) is 0 Å². The number of aromatic nitrogens is 2. The molecule has 0 fully saturated rings. The molecule has 2 aromatic carbocycles. The first kappa shape index (κ1) is 24.8. The fourth-order valence-electron chi connectivity index (χ4n) is 4.08. The number of carboxylic acid groups (broad SMARTS) is 1. The van der Waals surface area contributed by atoms with Crippen LogP contribution < -0.4 is 5.32 Å². The number of amides is 1. The number of rotatable bonds is 8. The second kappa shape index (κ2) is 10.8. The fourth-order valence-corrected chi connectivity index (χ4v) is 4.08. The van der Waals surface area contributed by atoms with E-state index in [1.54, 1.807) is 0 Å². The van der Waals surface area contributed by atoms with Crippen LogP contribution in [0.15, 0.2) is 61.1 Å². The Morgan fingerprint density at radius 3 is 2.29 bits per heavy atom. The number of methoxy groups -OCH3 is 1. The summed E-state index contributed by atoms with van der Waals surface area (Å²) in [6.45, 7) is -0.142. The first-order valence-corrected chi connectivity index (χ1v) is 10.4. The van der Waals surface area contributed by atoms with Crippen LogP contribution in [0.1, 0.15) is 22.7 Å². The maximum atomic E-state index is 12.6. The minimum Gasteiger partial charge on any atom is -0.480 e. The molecule has 0 saturated carbocycles. The summed E-state index contributed by atoms with van der Waals surface area (Å²) in [6, 6.07) is 15.0. The molecule has 0 saturated heterocycles. The molecule has 0 unspecified atom stereocenters. The highest BCUT2D eigenvalue weighted by Gasteiger charge is 2.30. The lowest BCUT2D eigenvalue weighted by Crippen LogP contribution is -2.43. The number of esters is 1. The van der Waals surface area contributed by atoms with Gasteiger partial charge in [-0.25, -0.2) is 14.6 Å². The van der Waals surface area contributed by atoms with Crippen LogP contribution in [-0.4, -0.2) is 52.4 Å². The number of alkyl carbamates (subject to hydrolysis) is 1. The van der Waals surface area contributed by atoms with Gasteiger partial charge in [-0.15, -0.1) is 12.4 Å². The van der Waals surface area contributed by atoms with E-state index in [9.17, 15) is 14.4 Å². The van der Waals surface area contributed by atoms with Gasteiger partial charge in [-0.3, -0.25) is 4.79 Å². The predicted octanol–water partition coefficient (Wildman–Crippen LogP) is 3.01. The van der Waals surface area contributed by atoms with Crippen LogP contribution in [0.25, 0.3) is 11.1 Å². The van der Waals surface area contributed by atoms with Crippen molar-refractivity contribution < 1.29 is 29.0 Å². The van der Waals surface area contributed by atoms with Gasteiger partial charge in [0.05, 0.1) is 19.1 Å². The Bertz CT molecular complexity index is 1150. The van der Waals surface area contributed by atoms with Crippen LogP contribution in [0.2, 0.25) is 0 Å². The summed E-state index contributed by atoms with van der Waals surface area (Å²) in [5.41, 5.74) is 4.84. The van der Waals surface area contributed by atoms with E-state index in [1.165, 1.54) is 24.2 Å². The average molecular weight is 486 g/mol. The number of carbonyl (C=O) groups excluding carboxylic acids is 2. The lowest BCUT2D eigenvalue weighted by Gasteiger charge is -2.18. The van der Waals surface area contributed by atoms with Crippen molar-refractivity contribution in [2.24, 2.45) is 0 Å². The van der Waals surface area contributed by atoms with Crippen molar-refractivity contribution in [2.75, 3.05) is 13.7 Å². The number of hydrogen-bond donors (Lipinski definition) is 2. The molecule has 34 heavy (non-hydrogen) atoms. The van der Waals surface area contributed by atoms with Gasteiger partial charge in [-0.05, 0) is 22.3 Å². The molecule has 0 radical (unpaired) electrons.